The summed E-state index contributed by atoms with van der Waals surface area (Å²) in [5.41, 5.74) is 0. The van der Waals surface area contributed by atoms with Gasteiger partial charge in [-0.2, -0.15) is 0 Å². The third-order valence-electron chi connectivity index (χ3n) is 10.8. The fraction of sp³-hybridized carbons (Fsp3) is 0.784. The van der Waals surface area contributed by atoms with Crippen LogP contribution >= 0.6 is 7.82 Å². The van der Waals surface area contributed by atoms with Crippen LogP contribution in [0.2, 0.25) is 0 Å². The van der Waals surface area contributed by atoms with Crippen LogP contribution in [0.15, 0.2) is 48.6 Å². The Balaban J connectivity index is 3.85. The van der Waals surface area contributed by atoms with E-state index in [1.807, 2.05) is 0 Å². The number of phosphoric acid groups is 1. The van der Waals surface area contributed by atoms with Gasteiger partial charge < -0.3 is 25.2 Å². The van der Waals surface area contributed by atoms with E-state index in [2.05, 4.69) is 67.8 Å². The molecule has 3 atom stereocenters. The first kappa shape index (κ1) is 60.4. The lowest BCUT2D eigenvalue weighted by molar-refractivity contribution is -0.147. The van der Waals surface area contributed by atoms with E-state index in [0.29, 0.717) is 12.8 Å². The number of aliphatic carboxylic acids is 1. The number of aliphatic hydroxyl groups excluding tert-OH is 1. The van der Waals surface area contributed by atoms with E-state index in [4.69, 9.17) is 13.8 Å². The van der Waals surface area contributed by atoms with Crippen LogP contribution in [0.3, 0.4) is 0 Å². The molecule has 1 amide bonds. The van der Waals surface area contributed by atoms with Gasteiger partial charge in [0.05, 0.1) is 13.2 Å². The highest BCUT2D eigenvalue weighted by atomic mass is 31.2. The summed E-state index contributed by atoms with van der Waals surface area (Å²) >= 11 is 0. The molecule has 0 aromatic rings. The first-order valence-electron chi connectivity index (χ1n) is 25.2. The van der Waals surface area contributed by atoms with Crippen molar-refractivity contribution in [2.45, 2.75) is 238 Å². The van der Waals surface area contributed by atoms with Crippen LogP contribution in [0.4, 0.5) is 0 Å². The van der Waals surface area contributed by atoms with Gasteiger partial charge in [0.1, 0.15) is 12.7 Å². The van der Waals surface area contributed by atoms with Crippen LogP contribution < -0.4 is 5.32 Å². The number of hydrogen-bond donors (Lipinski definition) is 4. The summed E-state index contributed by atoms with van der Waals surface area (Å²) in [5, 5.41) is 21.9. The minimum absolute atomic E-state index is 0.142. The standard InChI is InChI=1S/C51H92NO10P/c1-3-5-7-9-11-13-15-17-19-21-23-24-25-26-28-30-32-34-36-38-40-42-49(54)52-48(51(56)57)46-62-63(58,59)61-45-47(53)44-60-50(55)43-41-39-37-35-33-31-29-27-22-20-18-16-14-12-10-8-6-4-2/h11,13-14,16-17,19-20,22,47-48,53H,3-10,12,15,18,21,23-46H2,1-2H3,(H,52,54)(H,56,57)(H,58,59)/b13-11-,16-14-,19-17-,22-20-. The third kappa shape index (κ3) is 45.8. The number of nitrogens with one attached hydrogen (secondary N) is 1. The molecule has 0 heterocycles. The van der Waals surface area contributed by atoms with Gasteiger partial charge >= 0.3 is 19.8 Å². The lowest BCUT2D eigenvalue weighted by Gasteiger charge is -2.18. The van der Waals surface area contributed by atoms with E-state index in [1.54, 1.807) is 0 Å². The van der Waals surface area contributed by atoms with Crippen molar-refractivity contribution in [2.24, 2.45) is 0 Å². The van der Waals surface area contributed by atoms with Crippen LogP contribution in [0.25, 0.3) is 0 Å². The van der Waals surface area contributed by atoms with Crippen LogP contribution in [0.1, 0.15) is 226 Å². The highest BCUT2D eigenvalue weighted by molar-refractivity contribution is 7.47. The summed E-state index contributed by atoms with van der Waals surface area (Å²) in [4.78, 5) is 46.1. The van der Waals surface area contributed by atoms with Crippen LogP contribution in [0, 0.1) is 0 Å². The summed E-state index contributed by atoms with van der Waals surface area (Å²) < 4.78 is 26.9. The van der Waals surface area contributed by atoms with Crippen molar-refractivity contribution in [3.8, 4) is 0 Å². The fourth-order valence-corrected chi connectivity index (χ4v) is 7.68. The highest BCUT2D eigenvalue weighted by Gasteiger charge is 2.28. The normalized spacial score (nSPS) is 14.0. The number of carboxylic acids is 1. The number of rotatable bonds is 47. The number of carbonyl (C=O) groups excluding carboxylic acids is 2. The predicted molar refractivity (Wildman–Crippen MR) is 259 cm³/mol. The molecule has 366 valence electrons. The van der Waals surface area contributed by atoms with E-state index in [1.165, 1.54) is 122 Å². The van der Waals surface area contributed by atoms with Gasteiger partial charge in [0.2, 0.25) is 5.91 Å². The monoisotopic (exact) mass is 910 g/mol. The molecule has 0 aliphatic heterocycles. The number of carboxylic acid groups (broad SMARTS) is 1. The molecule has 0 aliphatic rings. The largest absolute Gasteiger partial charge is 0.480 e. The van der Waals surface area contributed by atoms with Crippen molar-refractivity contribution in [1.82, 2.24) is 5.32 Å². The van der Waals surface area contributed by atoms with Gasteiger partial charge in [-0.15, -0.1) is 0 Å². The Hall–Kier alpha value is -2.56. The summed E-state index contributed by atoms with van der Waals surface area (Å²) in [6.45, 7) is 2.57. The second kappa shape index (κ2) is 46.0. The lowest BCUT2D eigenvalue weighted by Crippen LogP contribution is -2.43. The van der Waals surface area contributed by atoms with Crippen LogP contribution in [0.5, 0.6) is 0 Å². The number of carbonyl (C=O) groups is 3. The molecule has 12 heteroatoms. The maximum Gasteiger partial charge on any atom is 0.472 e. The Bertz CT molecular complexity index is 1250. The van der Waals surface area contributed by atoms with Gasteiger partial charge in [-0.25, -0.2) is 9.36 Å². The van der Waals surface area contributed by atoms with Gasteiger partial charge in [-0.05, 0) is 77.0 Å². The van der Waals surface area contributed by atoms with Crippen molar-refractivity contribution in [3.05, 3.63) is 48.6 Å². The number of aliphatic hydroxyl groups is 1. The molecule has 4 N–H and O–H groups in total. The van der Waals surface area contributed by atoms with E-state index < -0.39 is 57.6 Å². The summed E-state index contributed by atoms with van der Waals surface area (Å²) in [5.74, 6) is -2.38. The van der Waals surface area contributed by atoms with Crippen molar-refractivity contribution in [2.75, 3.05) is 19.8 Å². The average molecular weight is 910 g/mol. The van der Waals surface area contributed by atoms with Crippen LogP contribution in [-0.4, -0.2) is 64.9 Å². The fourth-order valence-electron chi connectivity index (χ4n) is 6.91. The molecule has 0 aromatic carbocycles. The molecule has 0 rings (SSSR count). The van der Waals surface area contributed by atoms with Gasteiger partial charge in [0, 0.05) is 12.8 Å². The molecular formula is C51H92NO10P. The van der Waals surface area contributed by atoms with E-state index in [9.17, 15) is 34.1 Å². The Morgan fingerprint density at radius 1 is 0.508 bits per heavy atom. The summed E-state index contributed by atoms with van der Waals surface area (Å²) in [6, 6.07) is -1.55. The number of phosphoric ester groups is 1. The van der Waals surface area contributed by atoms with E-state index in [0.717, 1.165) is 64.2 Å². The molecule has 0 spiro atoms. The van der Waals surface area contributed by atoms with Crippen LogP contribution in [-0.2, 0) is 32.7 Å². The molecule has 0 saturated heterocycles. The number of ether oxygens (including phenoxy) is 1. The topological polar surface area (TPSA) is 169 Å². The Morgan fingerprint density at radius 3 is 1.32 bits per heavy atom. The van der Waals surface area contributed by atoms with Crippen molar-refractivity contribution < 1.29 is 47.8 Å². The Labute approximate surface area is 384 Å². The van der Waals surface area contributed by atoms with Gasteiger partial charge in [0.25, 0.3) is 0 Å². The predicted octanol–water partition coefficient (Wildman–Crippen LogP) is 13.7. The maximum atomic E-state index is 12.4. The highest BCUT2D eigenvalue weighted by Crippen LogP contribution is 2.43. The quantitative estimate of drug-likeness (QED) is 0.0200. The number of amides is 1. The first-order chi connectivity index (χ1) is 30.6. The van der Waals surface area contributed by atoms with E-state index in [-0.39, 0.29) is 12.8 Å². The molecule has 63 heavy (non-hydrogen) atoms. The molecule has 0 radical (unpaired) electrons. The maximum absolute atomic E-state index is 12.4. The van der Waals surface area contributed by atoms with Gasteiger partial charge in [-0.1, -0.05) is 184 Å². The number of allylic oxidation sites excluding steroid dienone is 8. The zero-order valence-electron chi connectivity index (χ0n) is 39.9. The first-order valence-corrected chi connectivity index (χ1v) is 26.7. The second-order valence-electron chi connectivity index (χ2n) is 17.0. The molecule has 0 aliphatic carbocycles. The Kier molecular flexibility index (Phi) is 44.1. The molecule has 0 aromatic heterocycles. The minimum Gasteiger partial charge on any atom is -0.480 e. The molecule has 11 nitrogen and oxygen atoms in total. The van der Waals surface area contributed by atoms with Crippen molar-refractivity contribution in [3.63, 3.8) is 0 Å². The minimum atomic E-state index is -4.76. The third-order valence-corrected chi connectivity index (χ3v) is 11.8. The summed E-state index contributed by atoms with van der Waals surface area (Å²) in [6.07, 6.45) is 52.7. The molecular weight excluding hydrogens is 818 g/mol. The zero-order chi connectivity index (χ0) is 46.3. The second-order valence-corrected chi connectivity index (χ2v) is 18.5. The van der Waals surface area contributed by atoms with Crippen molar-refractivity contribution in [1.29, 1.82) is 0 Å². The number of unbranched alkanes of at least 4 members (excludes halogenated alkanes) is 25. The molecule has 0 fully saturated rings. The van der Waals surface area contributed by atoms with E-state index >= 15 is 0 Å². The average Bonchev–Trinajstić information content (AvgIpc) is 3.26. The zero-order valence-corrected chi connectivity index (χ0v) is 40.8. The molecule has 3 unspecified atom stereocenters. The number of esters is 1. The SMILES string of the molecule is CCCCC/C=C\C/C=C\CCCCCCCCCCCCCC(=O)NC(COP(=O)(O)OCC(O)COC(=O)CCCCCCCCC/C=C\C/C=C\CCCCCC)C(=O)O. The lowest BCUT2D eigenvalue weighted by atomic mass is 10.0. The Morgan fingerprint density at radius 2 is 0.873 bits per heavy atom. The smallest absolute Gasteiger partial charge is 0.472 e. The summed E-state index contributed by atoms with van der Waals surface area (Å²) in [7, 11) is -4.76. The van der Waals surface area contributed by atoms with Crippen molar-refractivity contribution >= 4 is 25.7 Å². The number of hydrogen-bond acceptors (Lipinski definition) is 8. The molecule has 0 bridgehead atoms. The van der Waals surface area contributed by atoms with Gasteiger partial charge in [0.15, 0.2) is 6.04 Å². The molecule has 0 saturated carbocycles. The van der Waals surface area contributed by atoms with Gasteiger partial charge in [-0.3, -0.25) is 18.6 Å².